The minimum Gasteiger partial charge on any atom is -0.295 e. The molecule has 2 aromatic carbocycles. The largest absolute Gasteiger partial charge is 0.295 e. The van der Waals surface area contributed by atoms with Crippen LogP contribution in [0.4, 0.5) is 11.5 Å². The second kappa shape index (κ2) is 6.96. The highest BCUT2D eigenvalue weighted by Gasteiger charge is 2.14. The van der Waals surface area contributed by atoms with Gasteiger partial charge in [0.05, 0.1) is 5.69 Å². The fourth-order valence-electron chi connectivity index (χ4n) is 2.89. The van der Waals surface area contributed by atoms with Gasteiger partial charge in [-0.25, -0.2) is 4.98 Å². The first-order valence-electron chi connectivity index (χ1n) is 8.69. The molecule has 0 atom stereocenters. The lowest BCUT2D eigenvalue weighted by Crippen LogP contribution is -1.89. The lowest BCUT2D eigenvalue weighted by atomic mass is 10.1. The summed E-state index contributed by atoms with van der Waals surface area (Å²) in [5.74, 6) is 0.703. The van der Waals surface area contributed by atoms with Crippen molar-refractivity contribution in [2.75, 3.05) is 0 Å². The van der Waals surface area contributed by atoms with E-state index in [1.165, 1.54) is 0 Å². The highest BCUT2D eigenvalue weighted by molar-refractivity contribution is 5.94. The van der Waals surface area contributed by atoms with Crippen LogP contribution in [0.15, 0.2) is 83.2 Å². The number of carbonyl (C=O) groups is 1. The summed E-state index contributed by atoms with van der Waals surface area (Å²) >= 11 is 0. The number of hydrogen-bond acceptors (Lipinski definition) is 4. The summed E-state index contributed by atoms with van der Waals surface area (Å²) in [6.07, 6.45) is 1.96. The number of ketones is 1. The van der Waals surface area contributed by atoms with Gasteiger partial charge in [0.1, 0.15) is 11.3 Å². The summed E-state index contributed by atoms with van der Waals surface area (Å²) in [5, 5.41) is 8.85. The van der Waals surface area contributed by atoms with Gasteiger partial charge in [-0.05, 0) is 55.8 Å². The molecule has 132 valence electrons. The van der Waals surface area contributed by atoms with E-state index in [0.29, 0.717) is 17.1 Å². The highest BCUT2D eigenvalue weighted by atomic mass is 16.1. The monoisotopic (exact) mass is 354 g/mol. The Balaban J connectivity index is 1.80. The summed E-state index contributed by atoms with van der Waals surface area (Å²) in [5.41, 5.74) is 5.07. The van der Waals surface area contributed by atoms with Gasteiger partial charge in [0.2, 0.25) is 0 Å². The molecule has 5 heteroatoms. The SMILES string of the molecule is CC(=O)c1ccc(N=Nc2c(-c3ccccc3)nc3cc(C)ccn23)cc1. The van der Waals surface area contributed by atoms with E-state index >= 15 is 0 Å². The maximum absolute atomic E-state index is 11.4. The summed E-state index contributed by atoms with van der Waals surface area (Å²) in [7, 11) is 0. The molecule has 0 bridgehead atoms. The number of azo groups is 1. The molecule has 0 aliphatic rings. The molecule has 0 radical (unpaired) electrons. The number of hydrogen-bond donors (Lipinski definition) is 0. The Hall–Kier alpha value is -3.60. The molecule has 0 N–H and O–H groups in total. The Morgan fingerprint density at radius 1 is 0.963 bits per heavy atom. The van der Waals surface area contributed by atoms with Gasteiger partial charge in [-0.15, -0.1) is 10.2 Å². The van der Waals surface area contributed by atoms with Crippen molar-refractivity contribution in [2.24, 2.45) is 10.2 Å². The van der Waals surface area contributed by atoms with Gasteiger partial charge >= 0.3 is 0 Å². The van der Waals surface area contributed by atoms with Crippen molar-refractivity contribution in [1.82, 2.24) is 9.38 Å². The second-order valence-corrected chi connectivity index (χ2v) is 6.39. The lowest BCUT2D eigenvalue weighted by molar-refractivity contribution is 0.101. The summed E-state index contributed by atoms with van der Waals surface area (Å²) in [6.45, 7) is 3.58. The van der Waals surface area contributed by atoms with Crippen LogP contribution in [0.2, 0.25) is 0 Å². The van der Waals surface area contributed by atoms with Crippen molar-refractivity contribution in [3.63, 3.8) is 0 Å². The predicted octanol–water partition coefficient (Wildman–Crippen LogP) is 5.93. The predicted molar refractivity (Wildman–Crippen MR) is 106 cm³/mol. The van der Waals surface area contributed by atoms with Crippen LogP contribution in [-0.4, -0.2) is 15.2 Å². The van der Waals surface area contributed by atoms with Crippen molar-refractivity contribution >= 4 is 22.9 Å². The van der Waals surface area contributed by atoms with E-state index in [4.69, 9.17) is 4.98 Å². The van der Waals surface area contributed by atoms with Gasteiger partial charge in [0, 0.05) is 17.3 Å². The Kier molecular flexibility index (Phi) is 4.34. The van der Waals surface area contributed by atoms with Crippen molar-refractivity contribution in [1.29, 1.82) is 0 Å². The van der Waals surface area contributed by atoms with Crippen LogP contribution in [0.25, 0.3) is 16.9 Å². The van der Waals surface area contributed by atoms with Crippen molar-refractivity contribution in [3.8, 4) is 11.3 Å². The average molecular weight is 354 g/mol. The number of nitrogens with zero attached hydrogens (tertiary/aromatic N) is 4. The summed E-state index contributed by atoms with van der Waals surface area (Å²) in [6, 6.07) is 21.1. The Labute approximate surface area is 157 Å². The van der Waals surface area contributed by atoms with Crippen LogP contribution in [0, 0.1) is 6.92 Å². The maximum Gasteiger partial charge on any atom is 0.187 e. The van der Waals surface area contributed by atoms with Crippen molar-refractivity contribution in [3.05, 3.63) is 84.1 Å². The maximum atomic E-state index is 11.4. The Morgan fingerprint density at radius 2 is 1.70 bits per heavy atom. The fraction of sp³-hybridized carbons (Fsp3) is 0.0909. The zero-order valence-corrected chi connectivity index (χ0v) is 15.1. The minimum atomic E-state index is 0.0296. The van der Waals surface area contributed by atoms with E-state index in [9.17, 15) is 4.79 Å². The molecule has 0 aliphatic carbocycles. The molecule has 0 amide bonds. The van der Waals surface area contributed by atoms with E-state index in [1.807, 2.05) is 60.0 Å². The Morgan fingerprint density at radius 3 is 2.41 bits per heavy atom. The van der Waals surface area contributed by atoms with Crippen LogP contribution >= 0.6 is 0 Å². The van der Waals surface area contributed by atoms with Crippen LogP contribution in [0.1, 0.15) is 22.8 Å². The first kappa shape index (κ1) is 16.8. The van der Waals surface area contributed by atoms with Crippen LogP contribution in [0.5, 0.6) is 0 Å². The number of fused-ring (bicyclic) bond motifs is 1. The zero-order valence-electron chi connectivity index (χ0n) is 15.1. The van der Waals surface area contributed by atoms with Gasteiger partial charge in [-0.1, -0.05) is 30.3 Å². The van der Waals surface area contributed by atoms with Crippen molar-refractivity contribution in [2.45, 2.75) is 13.8 Å². The molecule has 4 aromatic rings. The van der Waals surface area contributed by atoms with Gasteiger partial charge in [0.15, 0.2) is 11.6 Å². The third-order valence-electron chi connectivity index (χ3n) is 4.34. The first-order valence-corrected chi connectivity index (χ1v) is 8.69. The van der Waals surface area contributed by atoms with Crippen LogP contribution in [0.3, 0.4) is 0 Å². The number of benzene rings is 2. The number of carbonyl (C=O) groups excluding carboxylic acids is 1. The minimum absolute atomic E-state index is 0.0296. The number of imidazole rings is 1. The van der Waals surface area contributed by atoms with Gasteiger partial charge < -0.3 is 0 Å². The lowest BCUT2D eigenvalue weighted by Gasteiger charge is -2.00. The van der Waals surface area contributed by atoms with Crippen molar-refractivity contribution < 1.29 is 4.79 Å². The molecule has 4 rings (SSSR count). The number of aryl methyl sites for hydroxylation is 1. The molecule has 0 spiro atoms. The third kappa shape index (κ3) is 3.40. The molecular formula is C22H18N4O. The molecule has 27 heavy (non-hydrogen) atoms. The van der Waals surface area contributed by atoms with Crippen LogP contribution < -0.4 is 0 Å². The van der Waals surface area contributed by atoms with E-state index < -0.39 is 0 Å². The van der Waals surface area contributed by atoms with E-state index in [2.05, 4.69) is 10.2 Å². The molecule has 0 fully saturated rings. The zero-order chi connectivity index (χ0) is 18.8. The molecule has 0 aliphatic heterocycles. The highest BCUT2D eigenvalue weighted by Crippen LogP contribution is 2.32. The molecule has 5 nitrogen and oxygen atoms in total. The fourth-order valence-corrected chi connectivity index (χ4v) is 2.89. The van der Waals surface area contributed by atoms with Gasteiger partial charge in [-0.2, -0.15) is 0 Å². The normalized spacial score (nSPS) is 11.3. The van der Waals surface area contributed by atoms with Crippen LogP contribution in [-0.2, 0) is 0 Å². The molecule has 0 saturated heterocycles. The summed E-state index contributed by atoms with van der Waals surface area (Å²) < 4.78 is 1.93. The Bertz CT molecular complexity index is 1140. The van der Waals surface area contributed by atoms with Gasteiger partial charge in [-0.3, -0.25) is 9.20 Å². The molecule has 2 aromatic heterocycles. The standard InChI is InChI=1S/C22H18N4O/c1-15-12-13-26-20(14-15)23-21(18-6-4-3-5-7-18)22(26)25-24-19-10-8-17(9-11-19)16(2)27/h3-14H,1-2H3. The first-order chi connectivity index (χ1) is 13.1. The second-order valence-electron chi connectivity index (χ2n) is 6.39. The number of aromatic nitrogens is 2. The van der Waals surface area contributed by atoms with Gasteiger partial charge in [0.25, 0.3) is 0 Å². The third-order valence-corrected chi connectivity index (χ3v) is 4.34. The quantitative estimate of drug-likeness (QED) is 0.337. The number of rotatable bonds is 4. The molecular weight excluding hydrogens is 336 g/mol. The molecule has 2 heterocycles. The smallest absolute Gasteiger partial charge is 0.187 e. The summed E-state index contributed by atoms with van der Waals surface area (Å²) in [4.78, 5) is 16.2. The molecule has 0 saturated carbocycles. The van der Waals surface area contributed by atoms with E-state index in [-0.39, 0.29) is 5.78 Å². The number of Topliss-reactive ketones (excluding diaryl/α,β-unsaturated/α-hetero) is 1. The van der Waals surface area contributed by atoms with E-state index in [1.54, 1.807) is 31.2 Å². The number of pyridine rings is 1. The molecule has 0 unspecified atom stereocenters. The average Bonchev–Trinajstić information content (AvgIpc) is 3.05. The topological polar surface area (TPSA) is 59.1 Å². The van der Waals surface area contributed by atoms with E-state index in [0.717, 1.165) is 22.5 Å².